The number of rotatable bonds is 5. The molecule has 0 spiro atoms. The van der Waals surface area contributed by atoms with E-state index < -0.39 is 9.84 Å². The van der Waals surface area contributed by atoms with Gasteiger partial charge in [-0.1, -0.05) is 0 Å². The highest BCUT2D eigenvalue weighted by Crippen LogP contribution is 1.98. The molecule has 0 aromatic carbocycles. The van der Waals surface area contributed by atoms with Crippen LogP contribution >= 0.6 is 0 Å². The van der Waals surface area contributed by atoms with E-state index in [-0.39, 0.29) is 11.7 Å². The molecule has 1 aromatic rings. The van der Waals surface area contributed by atoms with Crippen LogP contribution in [-0.2, 0) is 16.4 Å². The molecule has 0 bridgehead atoms. The Morgan fingerprint density at radius 1 is 1.50 bits per heavy atom. The zero-order valence-corrected chi connectivity index (χ0v) is 8.87. The summed E-state index contributed by atoms with van der Waals surface area (Å²) >= 11 is 0. The van der Waals surface area contributed by atoms with Crippen molar-refractivity contribution in [3.8, 4) is 0 Å². The molecule has 0 saturated heterocycles. The predicted molar refractivity (Wildman–Crippen MR) is 53.4 cm³/mol. The molecule has 1 rings (SSSR count). The SMILES string of the molecule is CS(=O)(=O)CCCCn1cnc(N)n1. The van der Waals surface area contributed by atoms with Crippen molar-refractivity contribution in [3.05, 3.63) is 6.33 Å². The summed E-state index contributed by atoms with van der Waals surface area (Å²) in [4.78, 5) is 3.76. The van der Waals surface area contributed by atoms with E-state index in [1.807, 2.05) is 0 Å². The van der Waals surface area contributed by atoms with Gasteiger partial charge in [-0.25, -0.2) is 13.4 Å². The third-order valence-corrected chi connectivity index (χ3v) is 2.74. The summed E-state index contributed by atoms with van der Waals surface area (Å²) in [6.45, 7) is 0.653. The molecule has 0 aliphatic heterocycles. The van der Waals surface area contributed by atoms with Gasteiger partial charge in [0, 0.05) is 18.6 Å². The Labute approximate surface area is 83.0 Å². The lowest BCUT2D eigenvalue weighted by Gasteiger charge is -1.99. The lowest BCUT2D eigenvalue weighted by Crippen LogP contribution is -2.05. The van der Waals surface area contributed by atoms with Crippen molar-refractivity contribution >= 4 is 15.8 Å². The normalized spacial score (nSPS) is 11.8. The molecule has 0 amide bonds. The average Bonchev–Trinajstić information content (AvgIpc) is 2.44. The molecule has 0 saturated carbocycles. The summed E-state index contributed by atoms with van der Waals surface area (Å²) in [5.41, 5.74) is 5.31. The van der Waals surface area contributed by atoms with Gasteiger partial charge in [0.1, 0.15) is 16.2 Å². The number of sulfone groups is 1. The maximum atomic E-state index is 10.8. The summed E-state index contributed by atoms with van der Waals surface area (Å²) in [6, 6.07) is 0. The fourth-order valence-electron chi connectivity index (χ4n) is 1.05. The van der Waals surface area contributed by atoms with Gasteiger partial charge < -0.3 is 5.73 Å². The molecule has 0 unspecified atom stereocenters. The first-order valence-electron chi connectivity index (χ1n) is 4.30. The first-order valence-corrected chi connectivity index (χ1v) is 6.36. The van der Waals surface area contributed by atoms with Crippen molar-refractivity contribution in [2.45, 2.75) is 19.4 Å². The average molecular weight is 218 g/mol. The number of aromatic nitrogens is 3. The second-order valence-electron chi connectivity index (χ2n) is 3.20. The van der Waals surface area contributed by atoms with Crippen LogP contribution in [0, 0.1) is 0 Å². The van der Waals surface area contributed by atoms with E-state index >= 15 is 0 Å². The molecule has 2 N–H and O–H groups in total. The van der Waals surface area contributed by atoms with Gasteiger partial charge in [-0.2, -0.15) is 0 Å². The lowest BCUT2D eigenvalue weighted by molar-refractivity contribution is 0.562. The molecular weight excluding hydrogens is 204 g/mol. The summed E-state index contributed by atoms with van der Waals surface area (Å²) in [5, 5.41) is 3.88. The number of nitrogen functional groups attached to an aromatic ring is 1. The van der Waals surface area contributed by atoms with Crippen LogP contribution in [0.15, 0.2) is 6.33 Å². The Morgan fingerprint density at radius 3 is 2.71 bits per heavy atom. The second kappa shape index (κ2) is 4.41. The number of unbranched alkanes of at least 4 members (excludes halogenated alkanes) is 1. The molecular formula is C7H14N4O2S. The number of anilines is 1. The molecule has 0 aliphatic carbocycles. The predicted octanol–water partition coefficient (Wildman–Crippen LogP) is -0.315. The zero-order chi connectivity index (χ0) is 10.6. The Hall–Kier alpha value is -1.11. The van der Waals surface area contributed by atoms with Crippen molar-refractivity contribution in [1.82, 2.24) is 14.8 Å². The van der Waals surface area contributed by atoms with Crippen LogP contribution in [0.1, 0.15) is 12.8 Å². The summed E-state index contributed by atoms with van der Waals surface area (Å²) in [5.74, 6) is 0.463. The monoisotopic (exact) mass is 218 g/mol. The minimum atomic E-state index is -2.84. The van der Waals surface area contributed by atoms with Crippen LogP contribution in [0.25, 0.3) is 0 Å². The summed E-state index contributed by atoms with van der Waals surface area (Å²) in [7, 11) is -2.84. The van der Waals surface area contributed by atoms with Crippen LogP contribution in [0.4, 0.5) is 5.95 Å². The van der Waals surface area contributed by atoms with Gasteiger partial charge in [0.05, 0.1) is 0 Å². The van der Waals surface area contributed by atoms with Gasteiger partial charge in [-0.15, -0.1) is 5.10 Å². The first kappa shape index (κ1) is 11.0. The highest BCUT2D eigenvalue weighted by Gasteiger charge is 2.01. The van der Waals surface area contributed by atoms with E-state index in [4.69, 9.17) is 5.73 Å². The topological polar surface area (TPSA) is 90.9 Å². The quantitative estimate of drug-likeness (QED) is 0.684. The first-order chi connectivity index (χ1) is 6.47. The second-order valence-corrected chi connectivity index (χ2v) is 5.46. The Morgan fingerprint density at radius 2 is 2.21 bits per heavy atom. The van der Waals surface area contributed by atoms with Gasteiger partial charge >= 0.3 is 0 Å². The summed E-state index contributed by atoms with van der Waals surface area (Å²) < 4.78 is 23.2. The third-order valence-electron chi connectivity index (χ3n) is 1.71. The van der Waals surface area contributed by atoms with E-state index in [1.54, 1.807) is 4.68 Å². The van der Waals surface area contributed by atoms with Crippen LogP contribution in [0.5, 0.6) is 0 Å². The highest BCUT2D eigenvalue weighted by molar-refractivity contribution is 7.90. The molecule has 1 aromatic heterocycles. The molecule has 14 heavy (non-hydrogen) atoms. The number of hydrogen-bond donors (Lipinski definition) is 1. The molecule has 6 nitrogen and oxygen atoms in total. The molecule has 0 aliphatic rings. The number of nitrogens with zero attached hydrogens (tertiary/aromatic N) is 3. The lowest BCUT2D eigenvalue weighted by atomic mass is 10.3. The maximum Gasteiger partial charge on any atom is 0.239 e. The Balaban J connectivity index is 2.23. The van der Waals surface area contributed by atoms with Crippen LogP contribution < -0.4 is 5.73 Å². The van der Waals surface area contributed by atoms with Gasteiger partial charge in [0.15, 0.2) is 0 Å². The van der Waals surface area contributed by atoms with E-state index in [2.05, 4.69) is 10.1 Å². The van der Waals surface area contributed by atoms with Crippen molar-refractivity contribution in [1.29, 1.82) is 0 Å². The standard InChI is InChI=1S/C7H14N4O2S/c1-14(12,13)5-3-2-4-11-6-9-7(8)10-11/h6H,2-5H2,1H3,(H2,8,10). The molecule has 1 heterocycles. The Bertz CT molecular complexity index is 384. The number of hydrogen-bond acceptors (Lipinski definition) is 5. The highest BCUT2D eigenvalue weighted by atomic mass is 32.2. The fraction of sp³-hybridized carbons (Fsp3) is 0.714. The molecule has 0 radical (unpaired) electrons. The van der Waals surface area contributed by atoms with Crippen LogP contribution in [0.3, 0.4) is 0 Å². The fourth-order valence-corrected chi connectivity index (χ4v) is 1.78. The van der Waals surface area contributed by atoms with E-state index in [0.717, 1.165) is 6.42 Å². The molecule has 80 valence electrons. The van der Waals surface area contributed by atoms with Crippen molar-refractivity contribution in [2.24, 2.45) is 0 Å². The minimum Gasteiger partial charge on any atom is -0.367 e. The van der Waals surface area contributed by atoms with E-state index in [1.165, 1.54) is 12.6 Å². The van der Waals surface area contributed by atoms with Crippen LogP contribution in [-0.4, -0.2) is 35.2 Å². The van der Waals surface area contributed by atoms with Crippen molar-refractivity contribution in [3.63, 3.8) is 0 Å². The molecule has 0 atom stereocenters. The third kappa shape index (κ3) is 4.22. The summed E-state index contributed by atoms with van der Waals surface area (Å²) in [6.07, 6.45) is 4.17. The number of nitrogens with two attached hydrogens (primary N) is 1. The largest absolute Gasteiger partial charge is 0.367 e. The zero-order valence-electron chi connectivity index (χ0n) is 8.05. The van der Waals surface area contributed by atoms with Gasteiger partial charge in [-0.05, 0) is 12.8 Å². The minimum absolute atomic E-state index is 0.219. The molecule has 7 heteroatoms. The Kier molecular flexibility index (Phi) is 3.45. The van der Waals surface area contributed by atoms with E-state index in [0.29, 0.717) is 13.0 Å². The van der Waals surface area contributed by atoms with E-state index in [9.17, 15) is 8.42 Å². The van der Waals surface area contributed by atoms with Gasteiger partial charge in [0.25, 0.3) is 0 Å². The van der Waals surface area contributed by atoms with Crippen LogP contribution in [0.2, 0.25) is 0 Å². The molecule has 0 fully saturated rings. The van der Waals surface area contributed by atoms with Crippen molar-refractivity contribution in [2.75, 3.05) is 17.7 Å². The smallest absolute Gasteiger partial charge is 0.239 e. The van der Waals surface area contributed by atoms with Gasteiger partial charge in [-0.3, -0.25) is 4.68 Å². The van der Waals surface area contributed by atoms with Crippen molar-refractivity contribution < 1.29 is 8.42 Å². The number of aryl methyl sites for hydroxylation is 1. The maximum absolute atomic E-state index is 10.8. The van der Waals surface area contributed by atoms with Gasteiger partial charge in [0.2, 0.25) is 5.95 Å².